The molecule has 110 valence electrons. The van der Waals surface area contributed by atoms with E-state index in [1.165, 1.54) is 11.1 Å². The molecule has 0 radical (unpaired) electrons. The molecule has 0 aliphatic rings. The zero-order chi connectivity index (χ0) is 15.4. The second-order valence-corrected chi connectivity index (χ2v) is 5.78. The van der Waals surface area contributed by atoms with Crippen molar-refractivity contribution in [1.82, 2.24) is 4.90 Å². The number of phenolic OH excluding ortho intramolecular Hbond substituents is 1. The summed E-state index contributed by atoms with van der Waals surface area (Å²) in [7, 11) is 4.10. The Balaban J connectivity index is 2.41. The van der Waals surface area contributed by atoms with Crippen LogP contribution in [0.1, 0.15) is 29.2 Å². The standard InChI is InChI=1S/C19H23NO/c1-14(17-8-6-5-7-9-17)11-18-12-16(13-20(3)4)10-15(2)19(18)21/h5-12,21H,13H2,1-4H3. The Morgan fingerprint density at radius 2 is 1.81 bits per heavy atom. The molecule has 0 amide bonds. The van der Waals surface area contributed by atoms with Gasteiger partial charge in [0.15, 0.2) is 0 Å². The van der Waals surface area contributed by atoms with Gasteiger partial charge in [0.2, 0.25) is 0 Å². The third kappa shape index (κ3) is 3.96. The average molecular weight is 281 g/mol. The summed E-state index contributed by atoms with van der Waals surface area (Å²) in [6.07, 6.45) is 2.05. The fraction of sp³-hybridized carbons (Fsp3) is 0.263. The number of aryl methyl sites for hydroxylation is 1. The van der Waals surface area contributed by atoms with Crippen molar-refractivity contribution < 1.29 is 5.11 Å². The topological polar surface area (TPSA) is 23.5 Å². The van der Waals surface area contributed by atoms with Crippen LogP contribution >= 0.6 is 0 Å². The van der Waals surface area contributed by atoms with Gasteiger partial charge in [0.25, 0.3) is 0 Å². The minimum absolute atomic E-state index is 0.368. The highest BCUT2D eigenvalue weighted by Gasteiger charge is 2.07. The summed E-state index contributed by atoms with van der Waals surface area (Å²) in [5, 5.41) is 10.3. The van der Waals surface area contributed by atoms with E-state index in [0.717, 1.165) is 23.2 Å². The van der Waals surface area contributed by atoms with Gasteiger partial charge < -0.3 is 10.0 Å². The lowest BCUT2D eigenvalue weighted by atomic mass is 10.00. The Labute approximate surface area is 127 Å². The molecule has 0 aromatic heterocycles. The lowest BCUT2D eigenvalue weighted by Crippen LogP contribution is -2.10. The molecule has 0 saturated heterocycles. The zero-order valence-electron chi connectivity index (χ0n) is 13.2. The maximum absolute atomic E-state index is 10.3. The number of rotatable bonds is 4. The Bertz CT molecular complexity index is 642. The molecule has 0 aliphatic heterocycles. The van der Waals surface area contributed by atoms with Gasteiger partial charge in [-0.15, -0.1) is 0 Å². The number of nitrogens with zero attached hydrogens (tertiary/aromatic N) is 1. The average Bonchev–Trinajstić information content (AvgIpc) is 2.44. The van der Waals surface area contributed by atoms with Crippen molar-refractivity contribution in [1.29, 1.82) is 0 Å². The molecule has 2 nitrogen and oxygen atoms in total. The first-order valence-electron chi connectivity index (χ1n) is 7.18. The summed E-state index contributed by atoms with van der Waals surface area (Å²) < 4.78 is 0. The van der Waals surface area contributed by atoms with Gasteiger partial charge in [0, 0.05) is 12.1 Å². The van der Waals surface area contributed by atoms with Crippen LogP contribution in [0.5, 0.6) is 5.75 Å². The second-order valence-electron chi connectivity index (χ2n) is 5.78. The van der Waals surface area contributed by atoms with Crippen molar-refractivity contribution in [2.75, 3.05) is 14.1 Å². The quantitative estimate of drug-likeness (QED) is 0.844. The van der Waals surface area contributed by atoms with Gasteiger partial charge in [-0.2, -0.15) is 0 Å². The molecule has 2 heteroatoms. The van der Waals surface area contributed by atoms with E-state index in [9.17, 15) is 5.11 Å². The highest BCUT2D eigenvalue weighted by atomic mass is 16.3. The molecule has 0 saturated carbocycles. The smallest absolute Gasteiger partial charge is 0.125 e. The van der Waals surface area contributed by atoms with E-state index in [1.54, 1.807) is 0 Å². The molecule has 2 aromatic rings. The summed E-state index contributed by atoms with van der Waals surface area (Å²) in [5.74, 6) is 0.368. The lowest BCUT2D eigenvalue weighted by molar-refractivity contribution is 0.401. The number of benzene rings is 2. The van der Waals surface area contributed by atoms with Crippen LogP contribution in [0, 0.1) is 6.92 Å². The van der Waals surface area contributed by atoms with Crippen molar-refractivity contribution >= 4 is 11.6 Å². The van der Waals surface area contributed by atoms with E-state index < -0.39 is 0 Å². The van der Waals surface area contributed by atoms with Crippen LogP contribution in [0.4, 0.5) is 0 Å². The van der Waals surface area contributed by atoms with Gasteiger partial charge in [-0.1, -0.05) is 36.4 Å². The Kier molecular flexibility index (Phi) is 4.81. The number of allylic oxidation sites excluding steroid dienone is 1. The largest absolute Gasteiger partial charge is 0.507 e. The maximum Gasteiger partial charge on any atom is 0.125 e. The molecule has 0 heterocycles. The van der Waals surface area contributed by atoms with Crippen LogP contribution in [-0.4, -0.2) is 24.1 Å². The van der Waals surface area contributed by atoms with Gasteiger partial charge >= 0.3 is 0 Å². The number of phenols is 1. The molecule has 0 bridgehead atoms. The molecule has 21 heavy (non-hydrogen) atoms. The highest BCUT2D eigenvalue weighted by molar-refractivity contribution is 5.82. The molecular formula is C19H23NO. The van der Waals surface area contributed by atoms with Crippen LogP contribution in [-0.2, 0) is 6.54 Å². The first-order chi connectivity index (χ1) is 9.97. The molecule has 0 spiro atoms. The van der Waals surface area contributed by atoms with Crippen LogP contribution in [0.25, 0.3) is 11.6 Å². The van der Waals surface area contributed by atoms with Gasteiger partial charge in [0.05, 0.1) is 0 Å². The van der Waals surface area contributed by atoms with Crippen molar-refractivity contribution in [3.05, 3.63) is 64.7 Å². The monoisotopic (exact) mass is 281 g/mol. The zero-order valence-corrected chi connectivity index (χ0v) is 13.2. The lowest BCUT2D eigenvalue weighted by Gasteiger charge is -2.13. The minimum atomic E-state index is 0.368. The van der Waals surface area contributed by atoms with E-state index in [4.69, 9.17) is 0 Å². The summed E-state index contributed by atoms with van der Waals surface area (Å²) in [6, 6.07) is 14.3. The van der Waals surface area contributed by atoms with Crippen LogP contribution in [0.15, 0.2) is 42.5 Å². The molecule has 0 unspecified atom stereocenters. The van der Waals surface area contributed by atoms with Crippen molar-refractivity contribution in [2.45, 2.75) is 20.4 Å². The van der Waals surface area contributed by atoms with Crippen LogP contribution in [0.3, 0.4) is 0 Å². The Morgan fingerprint density at radius 3 is 2.43 bits per heavy atom. The van der Waals surface area contributed by atoms with Gasteiger partial charge in [0.1, 0.15) is 5.75 Å². The van der Waals surface area contributed by atoms with E-state index in [2.05, 4.69) is 36.1 Å². The van der Waals surface area contributed by atoms with Crippen LogP contribution < -0.4 is 0 Å². The Morgan fingerprint density at radius 1 is 1.14 bits per heavy atom. The summed E-state index contributed by atoms with van der Waals surface area (Å²) in [4.78, 5) is 2.13. The summed E-state index contributed by atoms with van der Waals surface area (Å²) in [6.45, 7) is 4.89. The molecule has 2 rings (SSSR count). The van der Waals surface area contributed by atoms with Crippen molar-refractivity contribution in [2.24, 2.45) is 0 Å². The molecule has 1 N–H and O–H groups in total. The summed E-state index contributed by atoms with van der Waals surface area (Å²) >= 11 is 0. The van der Waals surface area contributed by atoms with Crippen molar-refractivity contribution in [3.63, 3.8) is 0 Å². The minimum Gasteiger partial charge on any atom is -0.507 e. The first kappa shape index (κ1) is 15.3. The predicted octanol–water partition coefficient (Wildman–Crippen LogP) is 4.32. The normalized spacial score (nSPS) is 12.0. The number of aromatic hydroxyl groups is 1. The fourth-order valence-corrected chi connectivity index (χ4v) is 2.47. The first-order valence-corrected chi connectivity index (χ1v) is 7.18. The van der Waals surface area contributed by atoms with Gasteiger partial charge in [-0.25, -0.2) is 0 Å². The maximum atomic E-state index is 10.3. The third-order valence-corrected chi connectivity index (χ3v) is 3.49. The number of hydrogen-bond donors (Lipinski definition) is 1. The molecule has 0 fully saturated rings. The van der Waals surface area contributed by atoms with Crippen molar-refractivity contribution in [3.8, 4) is 5.75 Å². The molecular weight excluding hydrogens is 258 g/mol. The third-order valence-electron chi connectivity index (χ3n) is 3.49. The summed E-state index contributed by atoms with van der Waals surface area (Å²) in [5.41, 5.74) is 5.33. The highest BCUT2D eigenvalue weighted by Crippen LogP contribution is 2.28. The molecule has 0 aliphatic carbocycles. The van der Waals surface area contributed by atoms with E-state index in [0.29, 0.717) is 5.75 Å². The van der Waals surface area contributed by atoms with Gasteiger partial charge in [-0.05, 0) is 62.3 Å². The number of hydrogen-bond acceptors (Lipinski definition) is 2. The van der Waals surface area contributed by atoms with Gasteiger partial charge in [-0.3, -0.25) is 0 Å². The fourth-order valence-electron chi connectivity index (χ4n) is 2.47. The Hall–Kier alpha value is -2.06. The SMILES string of the molecule is CC(=Cc1cc(CN(C)C)cc(C)c1O)c1ccccc1. The van der Waals surface area contributed by atoms with E-state index >= 15 is 0 Å². The molecule has 2 aromatic carbocycles. The second kappa shape index (κ2) is 6.59. The van der Waals surface area contributed by atoms with E-state index in [1.807, 2.05) is 45.3 Å². The molecule has 0 atom stereocenters. The van der Waals surface area contributed by atoms with Crippen LogP contribution in [0.2, 0.25) is 0 Å². The predicted molar refractivity (Wildman–Crippen MR) is 90.2 cm³/mol. The van der Waals surface area contributed by atoms with E-state index in [-0.39, 0.29) is 0 Å².